The van der Waals surface area contributed by atoms with E-state index >= 15 is 0 Å². The average Bonchev–Trinajstić information content (AvgIpc) is 3.05. The molecule has 0 N–H and O–H groups in total. The Morgan fingerprint density at radius 3 is 2.79 bits per heavy atom. The van der Waals surface area contributed by atoms with Gasteiger partial charge in [0.05, 0.1) is 17.8 Å². The number of hydrogen-bond acceptors (Lipinski definition) is 5. The van der Waals surface area contributed by atoms with Crippen LogP contribution in [-0.2, 0) is 4.79 Å². The molecule has 24 heavy (non-hydrogen) atoms. The number of likely N-dealkylation sites (tertiary alicyclic amines) is 1. The molecule has 2 aliphatic rings. The number of rotatable bonds is 1. The van der Waals surface area contributed by atoms with E-state index in [0.29, 0.717) is 24.3 Å². The van der Waals surface area contributed by atoms with Crippen LogP contribution in [0.25, 0.3) is 0 Å². The van der Waals surface area contributed by atoms with E-state index < -0.39 is 6.04 Å². The Morgan fingerprint density at radius 2 is 2.00 bits per heavy atom. The Balaban J connectivity index is 1.69. The third-order valence-corrected chi connectivity index (χ3v) is 4.47. The van der Waals surface area contributed by atoms with Gasteiger partial charge in [0.1, 0.15) is 24.2 Å². The summed E-state index contributed by atoms with van der Waals surface area (Å²) >= 11 is 0. The Morgan fingerprint density at radius 1 is 1.25 bits per heavy atom. The van der Waals surface area contributed by atoms with Crippen LogP contribution in [-0.4, -0.2) is 52.4 Å². The van der Waals surface area contributed by atoms with Crippen molar-refractivity contribution in [3.63, 3.8) is 0 Å². The van der Waals surface area contributed by atoms with E-state index in [2.05, 4.69) is 9.97 Å². The van der Waals surface area contributed by atoms with Gasteiger partial charge in [0.25, 0.3) is 5.91 Å². The van der Waals surface area contributed by atoms with Gasteiger partial charge >= 0.3 is 0 Å². The van der Waals surface area contributed by atoms with E-state index in [9.17, 15) is 9.59 Å². The molecule has 1 saturated heterocycles. The molecule has 7 nitrogen and oxygen atoms in total. The van der Waals surface area contributed by atoms with Crippen molar-refractivity contribution in [1.29, 1.82) is 0 Å². The molecule has 1 aromatic carbocycles. The smallest absolute Gasteiger partial charge is 0.257 e. The lowest BCUT2D eigenvalue weighted by atomic mass is 10.1. The molecule has 2 aromatic rings. The molecular formula is C17H16N4O3. The number of ether oxygens (including phenoxy) is 1. The molecule has 1 fully saturated rings. The molecule has 2 bridgehead atoms. The van der Waals surface area contributed by atoms with Crippen LogP contribution in [0.4, 0.5) is 5.69 Å². The minimum Gasteiger partial charge on any atom is -0.486 e. The van der Waals surface area contributed by atoms with Crippen LogP contribution in [0, 0.1) is 0 Å². The number of hydrogen-bond donors (Lipinski definition) is 0. The fourth-order valence-corrected chi connectivity index (χ4v) is 3.27. The summed E-state index contributed by atoms with van der Waals surface area (Å²) in [5.74, 6) is 0.298. The zero-order valence-electron chi connectivity index (χ0n) is 13.1. The van der Waals surface area contributed by atoms with E-state index in [-0.39, 0.29) is 17.9 Å². The molecule has 1 aromatic heterocycles. The number of fused-ring (bicyclic) bond motifs is 3. The summed E-state index contributed by atoms with van der Waals surface area (Å²) in [5.41, 5.74) is 1.09. The van der Waals surface area contributed by atoms with Gasteiger partial charge in [0.2, 0.25) is 5.91 Å². The Labute approximate surface area is 138 Å². The molecule has 2 amide bonds. The van der Waals surface area contributed by atoms with Crippen LogP contribution in [0.15, 0.2) is 43.0 Å². The molecule has 2 atom stereocenters. The molecule has 4 rings (SSSR count). The second-order valence-corrected chi connectivity index (χ2v) is 5.94. The molecule has 0 spiro atoms. The highest BCUT2D eigenvalue weighted by Crippen LogP contribution is 2.35. The summed E-state index contributed by atoms with van der Waals surface area (Å²) in [5, 5.41) is 0. The maximum absolute atomic E-state index is 12.9. The van der Waals surface area contributed by atoms with Crippen molar-refractivity contribution < 1.29 is 14.3 Å². The van der Waals surface area contributed by atoms with Gasteiger partial charge in [0, 0.05) is 25.9 Å². The second-order valence-electron chi connectivity index (χ2n) is 5.94. The van der Waals surface area contributed by atoms with Crippen molar-refractivity contribution in [1.82, 2.24) is 14.9 Å². The lowest BCUT2D eigenvalue weighted by molar-refractivity contribution is -0.122. The van der Waals surface area contributed by atoms with Gasteiger partial charge in [-0.2, -0.15) is 0 Å². The minimum absolute atomic E-state index is 0.113. The third-order valence-electron chi connectivity index (χ3n) is 4.47. The first kappa shape index (κ1) is 14.6. The zero-order chi connectivity index (χ0) is 16.7. The Kier molecular flexibility index (Phi) is 3.41. The van der Waals surface area contributed by atoms with Crippen molar-refractivity contribution in [3.8, 4) is 5.75 Å². The summed E-state index contributed by atoms with van der Waals surface area (Å²) in [7, 11) is 1.71. The zero-order valence-corrected chi connectivity index (χ0v) is 13.1. The Hall–Kier alpha value is -2.96. The largest absolute Gasteiger partial charge is 0.486 e. The number of benzene rings is 1. The number of nitrogens with zero attached hydrogens (tertiary/aromatic N) is 4. The molecule has 7 heteroatoms. The van der Waals surface area contributed by atoms with Crippen LogP contribution in [0.3, 0.4) is 0 Å². The first-order valence-corrected chi connectivity index (χ1v) is 7.74. The second kappa shape index (κ2) is 5.59. The molecule has 0 unspecified atom stereocenters. The normalized spacial score (nSPS) is 22.5. The van der Waals surface area contributed by atoms with Crippen LogP contribution < -0.4 is 9.64 Å². The average molecular weight is 324 g/mol. The molecule has 0 radical (unpaired) electrons. The fraction of sp³-hybridized carbons (Fsp3) is 0.294. The van der Waals surface area contributed by atoms with Gasteiger partial charge in [-0.25, -0.2) is 9.97 Å². The summed E-state index contributed by atoms with van der Waals surface area (Å²) in [6.07, 6.45) is 4.57. The molecular weight excluding hydrogens is 308 g/mol. The quantitative estimate of drug-likeness (QED) is 0.785. The maximum Gasteiger partial charge on any atom is 0.257 e. The molecule has 3 heterocycles. The number of likely N-dealkylation sites (N-methyl/N-ethyl adjacent to an activating group) is 1. The van der Waals surface area contributed by atoms with E-state index in [4.69, 9.17) is 4.74 Å². The fourth-order valence-electron chi connectivity index (χ4n) is 3.27. The van der Waals surface area contributed by atoms with Gasteiger partial charge < -0.3 is 14.5 Å². The van der Waals surface area contributed by atoms with Gasteiger partial charge in [-0.05, 0) is 12.1 Å². The highest BCUT2D eigenvalue weighted by Gasteiger charge is 2.44. The lowest BCUT2D eigenvalue weighted by Gasteiger charge is -2.29. The van der Waals surface area contributed by atoms with Gasteiger partial charge in [-0.1, -0.05) is 12.1 Å². The number of para-hydroxylation sites is 2. The first-order chi connectivity index (χ1) is 11.6. The summed E-state index contributed by atoms with van der Waals surface area (Å²) in [6.45, 7) is 0.367. The van der Waals surface area contributed by atoms with E-state index in [1.54, 1.807) is 16.8 Å². The van der Waals surface area contributed by atoms with E-state index in [1.165, 1.54) is 18.7 Å². The first-order valence-electron chi connectivity index (χ1n) is 7.74. The van der Waals surface area contributed by atoms with Crippen LogP contribution >= 0.6 is 0 Å². The SMILES string of the molecule is CN1C(=O)[C@@H]2C[C@@H](CN2C(=O)c2cncnc2)Oc2ccccc21. The monoisotopic (exact) mass is 324 g/mol. The molecule has 2 aliphatic heterocycles. The van der Waals surface area contributed by atoms with Crippen molar-refractivity contribution in [3.05, 3.63) is 48.5 Å². The van der Waals surface area contributed by atoms with Crippen molar-refractivity contribution >= 4 is 17.5 Å². The highest BCUT2D eigenvalue weighted by atomic mass is 16.5. The minimum atomic E-state index is -0.541. The molecule has 0 aliphatic carbocycles. The van der Waals surface area contributed by atoms with E-state index in [0.717, 1.165) is 5.69 Å². The van der Waals surface area contributed by atoms with Crippen molar-refractivity contribution in [2.75, 3.05) is 18.5 Å². The van der Waals surface area contributed by atoms with Crippen LogP contribution in [0.5, 0.6) is 5.75 Å². The van der Waals surface area contributed by atoms with Crippen LogP contribution in [0.1, 0.15) is 16.8 Å². The van der Waals surface area contributed by atoms with E-state index in [1.807, 2.05) is 24.3 Å². The van der Waals surface area contributed by atoms with Crippen molar-refractivity contribution in [2.24, 2.45) is 0 Å². The summed E-state index contributed by atoms with van der Waals surface area (Å²) in [4.78, 5) is 36.6. The number of carbonyl (C=O) groups excluding carboxylic acids is 2. The van der Waals surface area contributed by atoms with Gasteiger partial charge in [-0.3, -0.25) is 9.59 Å². The highest BCUT2D eigenvalue weighted by molar-refractivity contribution is 6.03. The lowest BCUT2D eigenvalue weighted by Crippen LogP contribution is -2.46. The standard InChI is InChI=1S/C17H16N4O3/c1-20-13-4-2-3-5-15(13)24-12-6-14(17(20)23)21(9-12)16(22)11-7-18-10-19-8-11/h2-5,7-8,10,12,14H,6,9H2,1H3/t12-,14-/m0/s1. The molecule has 0 saturated carbocycles. The number of anilines is 1. The van der Waals surface area contributed by atoms with Crippen LogP contribution in [0.2, 0.25) is 0 Å². The van der Waals surface area contributed by atoms with Crippen molar-refractivity contribution in [2.45, 2.75) is 18.6 Å². The predicted molar refractivity (Wildman–Crippen MR) is 85.7 cm³/mol. The maximum atomic E-state index is 12.9. The number of carbonyl (C=O) groups is 2. The topological polar surface area (TPSA) is 75.6 Å². The molecule has 122 valence electrons. The van der Waals surface area contributed by atoms with Gasteiger partial charge in [0.15, 0.2) is 0 Å². The third kappa shape index (κ3) is 2.29. The summed E-state index contributed by atoms with van der Waals surface area (Å²) in [6, 6.07) is 6.88. The Bertz CT molecular complexity index is 795. The summed E-state index contributed by atoms with van der Waals surface area (Å²) < 4.78 is 6.04. The van der Waals surface area contributed by atoms with Gasteiger partial charge in [-0.15, -0.1) is 0 Å². The predicted octanol–water partition coefficient (Wildman–Crippen LogP) is 1.12. The number of amides is 2. The number of aromatic nitrogens is 2.